The van der Waals surface area contributed by atoms with Crippen molar-refractivity contribution < 1.29 is 10.2 Å². The summed E-state index contributed by atoms with van der Waals surface area (Å²) in [4.78, 5) is 25.5. The number of nitrogens with one attached hydrogen (secondary N) is 1. The van der Waals surface area contributed by atoms with Gasteiger partial charge in [0.1, 0.15) is 0 Å². The number of nitrogens with zero attached hydrogens (tertiary/aromatic N) is 1. The number of hydrogen-bond acceptors (Lipinski definition) is 4. The molecule has 3 N–H and O–H groups in total. The fourth-order valence-electron chi connectivity index (χ4n) is 3.41. The highest BCUT2D eigenvalue weighted by Crippen LogP contribution is 2.63. The largest absolute Gasteiger partial charge is 0.396 e. The minimum atomic E-state index is -0.576. The average Bonchev–Trinajstić information content (AvgIpc) is 2.93. The van der Waals surface area contributed by atoms with E-state index >= 15 is 0 Å². The smallest absolute Gasteiger partial charge is 0.328 e. The summed E-state index contributed by atoms with van der Waals surface area (Å²) in [6, 6.07) is 0. The number of aromatic amines is 1. The van der Waals surface area contributed by atoms with Crippen molar-refractivity contribution in [2.24, 2.45) is 11.8 Å². The molecule has 0 spiro atoms. The van der Waals surface area contributed by atoms with Gasteiger partial charge in [-0.1, -0.05) is 0 Å². The summed E-state index contributed by atoms with van der Waals surface area (Å²) in [6.07, 6.45) is 2.23. The highest BCUT2D eigenvalue weighted by molar-refractivity contribution is 5.19. The van der Waals surface area contributed by atoms with E-state index in [1.165, 1.54) is 4.57 Å². The normalized spacial score (nSPS) is 37.6. The third-order valence-corrected chi connectivity index (χ3v) is 4.49. The minimum absolute atomic E-state index is 0.0648. The molecule has 4 atom stereocenters. The van der Waals surface area contributed by atoms with E-state index in [0.717, 1.165) is 6.42 Å². The monoisotopic (exact) mass is 252 g/mol. The van der Waals surface area contributed by atoms with Crippen molar-refractivity contribution in [3.05, 3.63) is 32.6 Å². The molecule has 0 amide bonds. The number of aliphatic hydroxyl groups is 2. The van der Waals surface area contributed by atoms with Crippen LogP contribution in [-0.4, -0.2) is 32.5 Å². The summed E-state index contributed by atoms with van der Waals surface area (Å²) in [5, 5.41) is 19.1. The molecule has 2 fully saturated rings. The summed E-state index contributed by atoms with van der Waals surface area (Å²) in [5.74, 6) is -0.0374. The molecule has 6 heteroatoms. The maximum Gasteiger partial charge on any atom is 0.328 e. The lowest BCUT2D eigenvalue weighted by Gasteiger charge is -2.17. The van der Waals surface area contributed by atoms with Gasteiger partial charge in [-0.15, -0.1) is 0 Å². The number of aromatic nitrogens is 2. The van der Waals surface area contributed by atoms with E-state index in [1.54, 1.807) is 13.1 Å². The number of hydrogen-bond donors (Lipinski definition) is 3. The zero-order valence-electron chi connectivity index (χ0n) is 10.1. The predicted octanol–water partition coefficient (Wildman–Crippen LogP) is -1.07. The molecule has 3 rings (SSSR count). The van der Waals surface area contributed by atoms with Crippen LogP contribution in [0.3, 0.4) is 0 Å². The van der Waals surface area contributed by atoms with Gasteiger partial charge in [0.25, 0.3) is 5.56 Å². The fraction of sp³-hybridized carbons (Fsp3) is 0.667. The number of aryl methyl sites for hydroxylation is 1. The third kappa shape index (κ3) is 1.36. The van der Waals surface area contributed by atoms with Crippen molar-refractivity contribution in [1.29, 1.82) is 0 Å². The van der Waals surface area contributed by atoms with Crippen LogP contribution >= 0.6 is 0 Å². The van der Waals surface area contributed by atoms with E-state index < -0.39 is 17.3 Å². The van der Waals surface area contributed by atoms with E-state index in [9.17, 15) is 19.8 Å². The topological polar surface area (TPSA) is 95.3 Å². The van der Waals surface area contributed by atoms with Crippen LogP contribution in [0.2, 0.25) is 0 Å². The summed E-state index contributed by atoms with van der Waals surface area (Å²) in [6.45, 7) is 1.59. The maximum absolute atomic E-state index is 11.9. The van der Waals surface area contributed by atoms with Gasteiger partial charge in [-0.05, 0) is 25.7 Å². The third-order valence-electron chi connectivity index (χ3n) is 4.49. The van der Waals surface area contributed by atoms with Crippen molar-refractivity contribution >= 4 is 0 Å². The molecule has 2 aliphatic rings. The van der Waals surface area contributed by atoms with Gasteiger partial charge in [-0.3, -0.25) is 14.3 Å². The molecule has 0 radical (unpaired) electrons. The maximum atomic E-state index is 11.9. The molecular weight excluding hydrogens is 236 g/mol. The van der Waals surface area contributed by atoms with Gasteiger partial charge in [0, 0.05) is 24.3 Å². The average molecular weight is 252 g/mol. The second-order valence-corrected chi connectivity index (χ2v) is 5.47. The Morgan fingerprint density at radius 1 is 1.50 bits per heavy atom. The van der Waals surface area contributed by atoms with E-state index in [2.05, 4.69) is 4.98 Å². The highest BCUT2D eigenvalue weighted by Gasteiger charge is 2.66. The quantitative estimate of drug-likeness (QED) is 0.625. The van der Waals surface area contributed by atoms with Crippen LogP contribution in [0.25, 0.3) is 0 Å². The number of aliphatic hydroxyl groups excluding tert-OH is 2. The molecule has 0 aliphatic heterocycles. The predicted molar refractivity (Wildman–Crippen MR) is 63.3 cm³/mol. The van der Waals surface area contributed by atoms with Gasteiger partial charge < -0.3 is 10.2 Å². The molecule has 6 nitrogen and oxygen atoms in total. The highest BCUT2D eigenvalue weighted by atomic mass is 16.3. The van der Waals surface area contributed by atoms with E-state index in [0.29, 0.717) is 12.0 Å². The molecule has 0 bridgehead atoms. The Morgan fingerprint density at radius 2 is 2.22 bits per heavy atom. The van der Waals surface area contributed by atoms with Crippen molar-refractivity contribution in [2.75, 3.05) is 6.61 Å². The molecule has 0 saturated heterocycles. The Labute approximate surface area is 103 Å². The lowest BCUT2D eigenvalue weighted by Crippen LogP contribution is -2.37. The fourth-order valence-corrected chi connectivity index (χ4v) is 3.41. The standard InChI is InChI=1S/C12H16N2O4/c1-6-4-14(11(18)13-10(6)17)12-2-8(12)7(5-15)9(16)3-12/h4,7-9,15-16H,2-3,5H2,1H3,(H,13,17,18)/t7-,8-,9-,12?/m0/s1. The van der Waals surface area contributed by atoms with Gasteiger partial charge in [-0.2, -0.15) is 0 Å². The van der Waals surface area contributed by atoms with Crippen molar-refractivity contribution in [3.63, 3.8) is 0 Å². The number of fused-ring (bicyclic) bond motifs is 1. The zero-order valence-corrected chi connectivity index (χ0v) is 10.1. The first-order chi connectivity index (χ1) is 8.49. The first kappa shape index (κ1) is 11.7. The SMILES string of the molecule is Cc1cn(C23C[C@H](O)[C@@H](CO)[C@@H]2C3)c(=O)[nH]c1=O. The number of rotatable bonds is 2. The van der Waals surface area contributed by atoms with E-state index in [1.807, 2.05) is 0 Å². The molecule has 18 heavy (non-hydrogen) atoms. The van der Waals surface area contributed by atoms with Gasteiger partial charge in [0.15, 0.2) is 0 Å². The lowest BCUT2D eigenvalue weighted by atomic mass is 10.0. The first-order valence-electron chi connectivity index (χ1n) is 6.11. The van der Waals surface area contributed by atoms with Crippen LogP contribution < -0.4 is 11.2 Å². The van der Waals surface area contributed by atoms with Crippen LogP contribution in [0, 0.1) is 18.8 Å². The Bertz CT molecular complexity index is 605. The molecule has 1 aromatic heterocycles. The molecular formula is C12H16N2O4. The molecule has 1 heterocycles. The van der Waals surface area contributed by atoms with Crippen LogP contribution in [0.1, 0.15) is 18.4 Å². The van der Waals surface area contributed by atoms with Crippen LogP contribution in [-0.2, 0) is 5.54 Å². The van der Waals surface area contributed by atoms with Crippen molar-refractivity contribution in [2.45, 2.75) is 31.4 Å². The van der Waals surface area contributed by atoms with Gasteiger partial charge in [-0.25, -0.2) is 4.79 Å². The summed E-state index contributed by atoms with van der Waals surface area (Å²) in [5.41, 5.74) is -0.726. The molecule has 1 unspecified atom stereocenters. The number of H-pyrrole nitrogens is 1. The lowest BCUT2D eigenvalue weighted by molar-refractivity contribution is 0.0714. The van der Waals surface area contributed by atoms with Crippen molar-refractivity contribution in [3.8, 4) is 0 Å². The van der Waals surface area contributed by atoms with Crippen LogP contribution in [0.15, 0.2) is 15.8 Å². The molecule has 2 saturated carbocycles. The molecule has 1 aromatic rings. The van der Waals surface area contributed by atoms with Gasteiger partial charge in [0.2, 0.25) is 0 Å². The van der Waals surface area contributed by atoms with Gasteiger partial charge in [0.05, 0.1) is 11.6 Å². The Hall–Kier alpha value is -1.40. The van der Waals surface area contributed by atoms with Crippen molar-refractivity contribution in [1.82, 2.24) is 9.55 Å². The Balaban J connectivity index is 2.06. The summed E-state index contributed by atoms with van der Waals surface area (Å²) >= 11 is 0. The van der Waals surface area contributed by atoms with E-state index in [4.69, 9.17) is 0 Å². The Kier molecular flexibility index (Phi) is 2.30. The molecule has 98 valence electrons. The van der Waals surface area contributed by atoms with E-state index in [-0.39, 0.29) is 24.0 Å². The molecule has 2 aliphatic carbocycles. The molecule has 0 aromatic carbocycles. The second kappa shape index (κ2) is 3.55. The minimum Gasteiger partial charge on any atom is -0.396 e. The Morgan fingerprint density at radius 3 is 2.83 bits per heavy atom. The van der Waals surface area contributed by atoms with Crippen LogP contribution in [0.4, 0.5) is 0 Å². The summed E-state index contributed by atoms with van der Waals surface area (Å²) in [7, 11) is 0. The second-order valence-electron chi connectivity index (χ2n) is 5.47. The van der Waals surface area contributed by atoms with Crippen LogP contribution in [0.5, 0.6) is 0 Å². The zero-order chi connectivity index (χ0) is 13.1. The van der Waals surface area contributed by atoms with Gasteiger partial charge >= 0.3 is 5.69 Å². The first-order valence-corrected chi connectivity index (χ1v) is 6.11. The summed E-state index contributed by atoms with van der Waals surface area (Å²) < 4.78 is 1.54.